The van der Waals surface area contributed by atoms with Gasteiger partial charge in [0.25, 0.3) is 0 Å². The first-order valence-electron chi connectivity index (χ1n) is 10.7. The number of hydrogen-bond acceptors (Lipinski definition) is 10. The Kier molecular flexibility index (Phi) is 5.36. The number of piperidine rings is 2. The van der Waals surface area contributed by atoms with Crippen LogP contribution in [0, 0.1) is 5.41 Å². The number of aromatic nitrogens is 6. The van der Waals surface area contributed by atoms with Crippen molar-refractivity contribution in [3.05, 3.63) is 35.9 Å². The van der Waals surface area contributed by atoms with E-state index in [-0.39, 0.29) is 5.97 Å². The van der Waals surface area contributed by atoms with Gasteiger partial charge in [-0.3, -0.25) is 0 Å². The molecule has 1 N–H and O–H groups in total. The first kappa shape index (κ1) is 20.0. The lowest BCUT2D eigenvalue weighted by Crippen LogP contribution is -2.47. The number of tetrazole rings is 1. The molecule has 2 aromatic heterocycles. The molecule has 5 rings (SSSR count). The molecule has 164 valence electrons. The van der Waals surface area contributed by atoms with E-state index in [4.69, 9.17) is 4.74 Å². The third-order valence-corrected chi connectivity index (χ3v) is 6.82. The Morgan fingerprint density at radius 2 is 1.87 bits per heavy atom. The van der Waals surface area contributed by atoms with Crippen LogP contribution in [0.4, 0.5) is 0 Å². The molecule has 1 spiro atoms. The summed E-state index contributed by atoms with van der Waals surface area (Å²) in [6, 6.07) is 3.52. The van der Waals surface area contributed by atoms with Crippen molar-refractivity contribution in [1.82, 2.24) is 40.2 Å². The molecule has 2 aromatic rings. The fourth-order valence-electron chi connectivity index (χ4n) is 4.77. The average molecular weight is 426 g/mol. The summed E-state index contributed by atoms with van der Waals surface area (Å²) in [4.78, 5) is 15.9. The maximum atomic E-state index is 11.3. The van der Waals surface area contributed by atoms with Crippen molar-refractivity contribution in [2.24, 2.45) is 5.41 Å². The van der Waals surface area contributed by atoms with Gasteiger partial charge >= 0.3 is 5.97 Å². The van der Waals surface area contributed by atoms with Crippen LogP contribution in [0.2, 0.25) is 0 Å². The van der Waals surface area contributed by atoms with Crippen molar-refractivity contribution in [2.75, 3.05) is 39.3 Å². The lowest BCUT2D eigenvalue weighted by Gasteiger charge is -2.47. The minimum atomic E-state index is -0.682. The molecular formula is C20H26N8O3. The van der Waals surface area contributed by atoms with Gasteiger partial charge in [0.1, 0.15) is 19.0 Å². The molecule has 31 heavy (non-hydrogen) atoms. The largest absolute Gasteiger partial charge is 0.456 e. The number of rotatable bonds is 5. The molecule has 2 fully saturated rings. The summed E-state index contributed by atoms with van der Waals surface area (Å²) in [5.41, 5.74) is 1.94. The number of carbonyl (C=O) groups is 1. The smallest absolute Gasteiger partial charge is 0.333 e. The second-order valence-electron chi connectivity index (χ2n) is 8.62. The van der Waals surface area contributed by atoms with Crippen molar-refractivity contribution in [3.63, 3.8) is 0 Å². The van der Waals surface area contributed by atoms with Crippen LogP contribution in [0.3, 0.4) is 0 Å². The van der Waals surface area contributed by atoms with E-state index in [0.29, 0.717) is 30.1 Å². The van der Waals surface area contributed by atoms with Gasteiger partial charge < -0.3 is 19.6 Å². The van der Waals surface area contributed by atoms with Crippen LogP contribution in [0.5, 0.6) is 0 Å². The zero-order valence-electron chi connectivity index (χ0n) is 17.3. The van der Waals surface area contributed by atoms with Crippen molar-refractivity contribution >= 4 is 5.97 Å². The summed E-state index contributed by atoms with van der Waals surface area (Å²) in [5.74, 6) is 0.286. The van der Waals surface area contributed by atoms with E-state index >= 15 is 0 Å². The molecule has 11 nitrogen and oxygen atoms in total. The number of nitrogens with zero attached hydrogens (tertiary/aromatic N) is 8. The number of esters is 1. The number of likely N-dealkylation sites (tertiary alicyclic amines) is 2. The Bertz CT molecular complexity index is 928. The monoisotopic (exact) mass is 426 g/mol. The van der Waals surface area contributed by atoms with Gasteiger partial charge in [-0.1, -0.05) is 0 Å². The van der Waals surface area contributed by atoms with E-state index < -0.39 is 6.10 Å². The molecule has 0 amide bonds. The molecule has 1 atom stereocenters. The predicted molar refractivity (Wildman–Crippen MR) is 108 cm³/mol. The minimum Gasteiger partial charge on any atom is -0.456 e. The highest BCUT2D eigenvalue weighted by Gasteiger charge is 2.38. The Balaban J connectivity index is 1.11. The molecule has 0 saturated carbocycles. The number of aliphatic hydroxyl groups excluding tert-OH is 1. The summed E-state index contributed by atoms with van der Waals surface area (Å²) in [6.45, 7) is 4.86. The lowest BCUT2D eigenvalue weighted by atomic mass is 9.71. The van der Waals surface area contributed by atoms with E-state index in [1.165, 1.54) is 11.0 Å². The summed E-state index contributed by atoms with van der Waals surface area (Å²) < 4.78 is 6.47. The van der Waals surface area contributed by atoms with Gasteiger partial charge in [0.05, 0.1) is 11.4 Å². The van der Waals surface area contributed by atoms with Crippen molar-refractivity contribution in [2.45, 2.75) is 31.8 Å². The summed E-state index contributed by atoms with van der Waals surface area (Å²) in [7, 11) is 0. The van der Waals surface area contributed by atoms with Crippen molar-refractivity contribution < 1.29 is 14.6 Å². The second kappa shape index (κ2) is 8.31. The van der Waals surface area contributed by atoms with E-state index in [0.717, 1.165) is 57.6 Å². The Morgan fingerprint density at radius 3 is 2.48 bits per heavy atom. The third kappa shape index (κ3) is 4.28. The number of hydrogen-bond donors (Lipinski definition) is 1. The highest BCUT2D eigenvalue weighted by molar-refractivity contribution is 5.85. The van der Waals surface area contributed by atoms with Crippen LogP contribution in [0.1, 0.15) is 37.5 Å². The number of ether oxygens (including phenoxy) is 1. The molecule has 3 aliphatic heterocycles. The molecule has 0 aromatic carbocycles. The lowest BCUT2D eigenvalue weighted by molar-refractivity contribution is -0.135. The fraction of sp³-hybridized carbons (Fsp3) is 0.600. The Morgan fingerprint density at radius 1 is 1.10 bits per heavy atom. The number of carbonyl (C=O) groups excluding carboxylic acids is 1. The molecule has 3 aliphatic rings. The number of aliphatic hydroxyl groups is 1. The number of cyclic esters (lactones) is 1. The normalized spacial score (nSPS) is 22.4. The highest BCUT2D eigenvalue weighted by Crippen LogP contribution is 2.42. The van der Waals surface area contributed by atoms with Gasteiger partial charge in [-0.05, 0) is 66.7 Å². The summed E-state index contributed by atoms with van der Waals surface area (Å²) in [5, 5.41) is 29.8. The van der Waals surface area contributed by atoms with Crippen molar-refractivity contribution in [3.8, 4) is 5.82 Å². The van der Waals surface area contributed by atoms with E-state index in [9.17, 15) is 9.90 Å². The van der Waals surface area contributed by atoms with Gasteiger partial charge in [0.15, 0.2) is 5.82 Å². The molecular weight excluding hydrogens is 400 g/mol. The molecule has 5 heterocycles. The van der Waals surface area contributed by atoms with E-state index in [1.54, 1.807) is 18.2 Å². The van der Waals surface area contributed by atoms with Crippen LogP contribution in [-0.4, -0.2) is 90.6 Å². The van der Waals surface area contributed by atoms with Crippen LogP contribution >= 0.6 is 0 Å². The maximum absolute atomic E-state index is 11.3. The molecule has 2 saturated heterocycles. The summed E-state index contributed by atoms with van der Waals surface area (Å²) in [6.07, 6.45) is 6.93. The van der Waals surface area contributed by atoms with Crippen molar-refractivity contribution in [1.29, 1.82) is 0 Å². The second-order valence-corrected chi connectivity index (χ2v) is 8.62. The highest BCUT2D eigenvalue weighted by atomic mass is 16.5. The van der Waals surface area contributed by atoms with Gasteiger partial charge in [0.2, 0.25) is 0 Å². The van der Waals surface area contributed by atoms with E-state index in [2.05, 4.69) is 35.5 Å². The maximum Gasteiger partial charge on any atom is 0.333 e. The minimum absolute atomic E-state index is 0.225. The topological polar surface area (TPSA) is 122 Å². The molecule has 1 unspecified atom stereocenters. The first-order chi connectivity index (χ1) is 15.1. The van der Waals surface area contributed by atoms with Crippen LogP contribution in [-0.2, 0) is 9.53 Å². The Labute approximate surface area is 179 Å². The fourth-order valence-corrected chi connectivity index (χ4v) is 4.77. The zero-order valence-corrected chi connectivity index (χ0v) is 17.3. The third-order valence-electron chi connectivity index (χ3n) is 6.82. The average Bonchev–Trinajstić information content (AvgIpc) is 3.48. The van der Waals surface area contributed by atoms with Gasteiger partial charge in [-0.15, -0.1) is 10.2 Å². The molecule has 0 aliphatic carbocycles. The Hall–Kier alpha value is -2.92. The molecule has 0 radical (unpaired) electrons. The first-order valence-corrected chi connectivity index (χ1v) is 10.7. The van der Waals surface area contributed by atoms with Crippen LogP contribution in [0.25, 0.3) is 5.82 Å². The summed E-state index contributed by atoms with van der Waals surface area (Å²) >= 11 is 0. The van der Waals surface area contributed by atoms with Gasteiger partial charge in [0, 0.05) is 25.7 Å². The van der Waals surface area contributed by atoms with Gasteiger partial charge in [-0.2, -0.15) is 9.78 Å². The van der Waals surface area contributed by atoms with Crippen LogP contribution in [0.15, 0.2) is 30.2 Å². The van der Waals surface area contributed by atoms with E-state index in [1.807, 2.05) is 0 Å². The van der Waals surface area contributed by atoms with Gasteiger partial charge in [-0.25, -0.2) is 4.79 Å². The van der Waals surface area contributed by atoms with Crippen LogP contribution < -0.4 is 0 Å². The zero-order chi connectivity index (χ0) is 21.3. The SMILES string of the molecule is O=C1C=C(N2CCC3(CCN(CC(O)c4ccc(-n5cnnn5)nn4)CC3)CC2)CO1. The molecule has 11 heteroatoms. The standard InChI is InChI=1S/C20H26N8O3/c29-17(16-1-2-18(23-22-16)28-14-21-24-25-28)12-26-7-3-20(4-8-26)5-9-27(10-6-20)15-11-19(30)31-13-15/h1-2,11,14,17,29H,3-10,12-13H2. The molecule has 0 bridgehead atoms. The quantitative estimate of drug-likeness (QED) is 0.659. The number of β-amino-alcohol motifs (C(OH)–C–C–N with tert-alkyl or cyclic N) is 1. The predicted octanol–water partition coefficient (Wildman–Crippen LogP) is 0.104.